The van der Waals surface area contributed by atoms with Crippen molar-refractivity contribution in [1.29, 1.82) is 0 Å². The van der Waals surface area contributed by atoms with E-state index in [0.717, 1.165) is 24.1 Å². The van der Waals surface area contributed by atoms with Crippen molar-refractivity contribution in [1.82, 2.24) is 4.90 Å². The van der Waals surface area contributed by atoms with Gasteiger partial charge < -0.3 is 10.0 Å². The van der Waals surface area contributed by atoms with Gasteiger partial charge in [-0.25, -0.2) is 0 Å². The molecule has 1 aromatic carbocycles. The molecule has 0 amide bonds. The fourth-order valence-corrected chi connectivity index (χ4v) is 2.23. The van der Waals surface area contributed by atoms with Crippen LogP contribution in [-0.4, -0.2) is 30.6 Å². The Bertz CT molecular complexity index is 462. The van der Waals surface area contributed by atoms with Crippen molar-refractivity contribution in [3.05, 3.63) is 28.8 Å². The van der Waals surface area contributed by atoms with E-state index in [-0.39, 0.29) is 10.8 Å². The van der Waals surface area contributed by atoms with Crippen LogP contribution in [0.3, 0.4) is 0 Å². The predicted molar refractivity (Wildman–Crippen MR) is 87.8 cm³/mol. The van der Waals surface area contributed by atoms with Crippen molar-refractivity contribution < 1.29 is 5.11 Å². The third-order valence-corrected chi connectivity index (χ3v) is 3.69. The van der Waals surface area contributed by atoms with Crippen molar-refractivity contribution in [2.75, 3.05) is 20.6 Å². The molecule has 0 heterocycles. The van der Waals surface area contributed by atoms with Gasteiger partial charge in [0.15, 0.2) is 0 Å². The van der Waals surface area contributed by atoms with Gasteiger partial charge in [-0.1, -0.05) is 53.7 Å². The molecule has 2 nitrogen and oxygen atoms in total. The average Bonchev–Trinajstić information content (AvgIpc) is 2.24. The summed E-state index contributed by atoms with van der Waals surface area (Å²) in [6, 6.07) is 4.35. The van der Waals surface area contributed by atoms with Crippen LogP contribution < -0.4 is 0 Å². The van der Waals surface area contributed by atoms with E-state index in [1.54, 1.807) is 0 Å². The second-order valence-electron chi connectivity index (χ2n) is 8.08. The molecule has 0 aliphatic carbocycles. The number of nitrogens with zero attached hydrogens (tertiary/aromatic N) is 1. The summed E-state index contributed by atoms with van der Waals surface area (Å²) < 4.78 is 0. The summed E-state index contributed by atoms with van der Waals surface area (Å²) in [5.41, 5.74) is 3.47. The molecule has 0 aliphatic rings. The number of benzene rings is 1. The minimum absolute atomic E-state index is 0.0434. The molecule has 1 aromatic rings. The Hall–Kier alpha value is -1.02. The summed E-state index contributed by atoms with van der Waals surface area (Å²) >= 11 is 0. The Morgan fingerprint density at radius 3 is 1.90 bits per heavy atom. The van der Waals surface area contributed by atoms with Crippen LogP contribution in [-0.2, 0) is 17.3 Å². The summed E-state index contributed by atoms with van der Waals surface area (Å²) in [7, 11) is 4.13. The Labute approximate surface area is 124 Å². The minimum Gasteiger partial charge on any atom is -0.507 e. The minimum atomic E-state index is -0.0434. The van der Waals surface area contributed by atoms with Gasteiger partial charge in [0.25, 0.3) is 0 Å². The van der Waals surface area contributed by atoms with Crippen LogP contribution >= 0.6 is 0 Å². The molecule has 20 heavy (non-hydrogen) atoms. The number of hydrogen-bond acceptors (Lipinski definition) is 2. The van der Waals surface area contributed by atoms with Crippen LogP contribution in [0.2, 0.25) is 0 Å². The largest absolute Gasteiger partial charge is 0.507 e. The number of likely N-dealkylation sites (N-methyl/N-ethyl adjacent to an activating group) is 1. The molecule has 0 aromatic heterocycles. The van der Waals surface area contributed by atoms with Crippen molar-refractivity contribution in [2.24, 2.45) is 0 Å². The van der Waals surface area contributed by atoms with Crippen molar-refractivity contribution in [3.63, 3.8) is 0 Å². The monoisotopic (exact) mass is 277 g/mol. The number of rotatable bonds is 3. The topological polar surface area (TPSA) is 23.5 Å². The second-order valence-corrected chi connectivity index (χ2v) is 8.08. The molecule has 1 rings (SSSR count). The lowest BCUT2D eigenvalue weighted by Gasteiger charge is -2.27. The van der Waals surface area contributed by atoms with Gasteiger partial charge in [0.1, 0.15) is 5.75 Å². The maximum Gasteiger partial charge on any atom is 0.122 e. The average molecular weight is 277 g/mol. The molecule has 0 spiro atoms. The molecule has 114 valence electrons. The highest BCUT2D eigenvalue weighted by Gasteiger charge is 2.24. The number of hydrogen-bond donors (Lipinski definition) is 1. The van der Waals surface area contributed by atoms with E-state index in [9.17, 15) is 5.11 Å². The summed E-state index contributed by atoms with van der Waals surface area (Å²) in [5.74, 6) is 0.479. The first kappa shape index (κ1) is 17.0. The molecule has 0 fully saturated rings. The van der Waals surface area contributed by atoms with E-state index in [2.05, 4.69) is 72.7 Å². The SMILES string of the molecule is CN(C)CCc1cc(C(C)(C)C)cc(C(C)(C)C)c1O. The molecule has 1 N–H and O–H groups in total. The van der Waals surface area contributed by atoms with Gasteiger partial charge in [-0.15, -0.1) is 0 Å². The molecule has 0 atom stereocenters. The summed E-state index contributed by atoms with van der Waals surface area (Å²) in [6.07, 6.45) is 0.881. The highest BCUT2D eigenvalue weighted by molar-refractivity contribution is 5.48. The van der Waals surface area contributed by atoms with Gasteiger partial charge in [-0.3, -0.25) is 0 Å². The van der Waals surface area contributed by atoms with E-state index < -0.39 is 0 Å². The lowest BCUT2D eigenvalue weighted by Crippen LogP contribution is -2.19. The first-order valence-corrected chi connectivity index (χ1v) is 7.44. The van der Waals surface area contributed by atoms with Crippen LogP contribution in [0, 0.1) is 0 Å². The molecule has 0 saturated carbocycles. The van der Waals surface area contributed by atoms with Crippen LogP contribution in [0.15, 0.2) is 12.1 Å². The smallest absolute Gasteiger partial charge is 0.122 e. The Kier molecular flexibility index (Phi) is 4.91. The molecule has 0 bridgehead atoms. The second kappa shape index (κ2) is 5.77. The molecular weight excluding hydrogens is 246 g/mol. The first-order valence-electron chi connectivity index (χ1n) is 7.44. The zero-order valence-corrected chi connectivity index (χ0v) is 14.5. The van der Waals surface area contributed by atoms with Gasteiger partial charge in [0.2, 0.25) is 0 Å². The maximum absolute atomic E-state index is 10.6. The van der Waals surface area contributed by atoms with E-state index in [0.29, 0.717) is 5.75 Å². The van der Waals surface area contributed by atoms with Gasteiger partial charge in [0.05, 0.1) is 0 Å². The van der Waals surface area contributed by atoms with Crippen molar-refractivity contribution >= 4 is 0 Å². The molecule has 0 aliphatic heterocycles. The Morgan fingerprint density at radius 1 is 0.950 bits per heavy atom. The van der Waals surface area contributed by atoms with Crippen LogP contribution in [0.1, 0.15) is 58.2 Å². The van der Waals surface area contributed by atoms with Crippen LogP contribution in [0.4, 0.5) is 0 Å². The van der Waals surface area contributed by atoms with E-state index in [1.165, 1.54) is 5.56 Å². The molecule has 2 heteroatoms. The number of phenolic OH excluding ortho intramolecular Hbond substituents is 1. The van der Waals surface area contributed by atoms with Gasteiger partial charge in [0, 0.05) is 6.54 Å². The van der Waals surface area contributed by atoms with Crippen molar-refractivity contribution in [3.8, 4) is 5.75 Å². The van der Waals surface area contributed by atoms with Gasteiger partial charge >= 0.3 is 0 Å². The zero-order valence-electron chi connectivity index (χ0n) is 14.5. The highest BCUT2D eigenvalue weighted by Crippen LogP contribution is 2.37. The summed E-state index contributed by atoms with van der Waals surface area (Å²) in [6.45, 7) is 14.1. The third-order valence-electron chi connectivity index (χ3n) is 3.69. The molecule has 0 radical (unpaired) electrons. The normalized spacial score (nSPS) is 13.1. The van der Waals surface area contributed by atoms with Gasteiger partial charge in [-0.2, -0.15) is 0 Å². The van der Waals surface area contributed by atoms with E-state index >= 15 is 0 Å². The lowest BCUT2D eigenvalue weighted by molar-refractivity contribution is 0.401. The van der Waals surface area contributed by atoms with Crippen LogP contribution in [0.5, 0.6) is 5.75 Å². The quantitative estimate of drug-likeness (QED) is 0.899. The molecular formula is C18H31NO. The fourth-order valence-electron chi connectivity index (χ4n) is 2.23. The van der Waals surface area contributed by atoms with Crippen LogP contribution in [0.25, 0.3) is 0 Å². The van der Waals surface area contributed by atoms with E-state index in [4.69, 9.17) is 0 Å². The highest BCUT2D eigenvalue weighted by atomic mass is 16.3. The number of phenols is 1. The maximum atomic E-state index is 10.6. The number of aromatic hydroxyl groups is 1. The first-order chi connectivity index (χ1) is 8.93. The lowest BCUT2D eigenvalue weighted by atomic mass is 9.78. The van der Waals surface area contributed by atoms with E-state index in [1.807, 2.05) is 0 Å². The summed E-state index contributed by atoms with van der Waals surface area (Å²) in [4.78, 5) is 2.15. The predicted octanol–water partition coefficient (Wildman–Crippen LogP) is 4.09. The third kappa shape index (κ3) is 4.24. The standard InChI is InChI=1S/C18H31NO/c1-17(2,3)14-11-13(9-10-19(7)8)16(20)15(12-14)18(4,5)6/h11-12,20H,9-10H2,1-8H3. The summed E-state index contributed by atoms with van der Waals surface area (Å²) in [5, 5.41) is 10.6. The Morgan fingerprint density at radius 2 is 1.50 bits per heavy atom. The fraction of sp³-hybridized carbons (Fsp3) is 0.667. The Balaban J connectivity index is 3.35. The zero-order chi connectivity index (χ0) is 15.7. The molecule has 0 unspecified atom stereocenters. The molecule has 0 saturated heterocycles. The van der Waals surface area contributed by atoms with Gasteiger partial charge in [-0.05, 0) is 48.0 Å². The van der Waals surface area contributed by atoms with Crippen molar-refractivity contribution in [2.45, 2.75) is 58.8 Å².